The van der Waals surface area contributed by atoms with E-state index in [1.807, 2.05) is 12.1 Å². The van der Waals surface area contributed by atoms with Gasteiger partial charge >= 0.3 is 0 Å². The molecule has 0 saturated carbocycles. The molecule has 16 heavy (non-hydrogen) atoms. The van der Waals surface area contributed by atoms with Gasteiger partial charge in [0.05, 0.1) is 12.8 Å². The fourth-order valence-electron chi connectivity index (χ4n) is 2.78. The van der Waals surface area contributed by atoms with Crippen LogP contribution >= 0.6 is 0 Å². The maximum atomic E-state index is 5.67. The molecule has 2 rings (SSSR count). The second-order valence-corrected chi connectivity index (χ2v) is 5.22. The van der Waals surface area contributed by atoms with E-state index in [-0.39, 0.29) is 5.54 Å². The lowest BCUT2D eigenvalue weighted by Gasteiger charge is -2.35. The summed E-state index contributed by atoms with van der Waals surface area (Å²) in [6, 6.07) is 4.00. The van der Waals surface area contributed by atoms with Gasteiger partial charge < -0.3 is 10.2 Å². The lowest BCUT2D eigenvalue weighted by atomic mass is 9.86. The smallest absolute Gasteiger partial charge is 0.117 e. The predicted octanol–water partition coefficient (Wildman–Crippen LogP) is 2.23. The summed E-state index contributed by atoms with van der Waals surface area (Å²) < 4.78 is 5.42. The zero-order valence-electron chi connectivity index (χ0n) is 10.3. The molecule has 1 aliphatic heterocycles. The van der Waals surface area contributed by atoms with E-state index in [0.29, 0.717) is 5.92 Å². The van der Waals surface area contributed by atoms with Gasteiger partial charge in [-0.1, -0.05) is 0 Å². The van der Waals surface area contributed by atoms with E-state index < -0.39 is 0 Å². The average Bonchev–Trinajstić information content (AvgIpc) is 2.82. The third-order valence-corrected chi connectivity index (χ3v) is 4.00. The molecule has 1 aliphatic rings. The van der Waals surface area contributed by atoms with Gasteiger partial charge in [-0.3, -0.25) is 4.90 Å². The zero-order chi connectivity index (χ0) is 11.6. The second-order valence-electron chi connectivity index (χ2n) is 5.22. The largest absolute Gasteiger partial charge is 0.468 e. The number of nitrogens with two attached hydrogens (primary N) is 1. The van der Waals surface area contributed by atoms with Crippen LogP contribution in [-0.2, 0) is 6.54 Å². The third-order valence-electron chi connectivity index (χ3n) is 4.00. The maximum absolute atomic E-state index is 5.67. The van der Waals surface area contributed by atoms with Crippen molar-refractivity contribution in [1.29, 1.82) is 0 Å². The molecule has 0 radical (unpaired) electrons. The van der Waals surface area contributed by atoms with Crippen LogP contribution in [0.1, 0.15) is 32.4 Å². The molecular weight excluding hydrogens is 200 g/mol. The van der Waals surface area contributed by atoms with E-state index in [2.05, 4.69) is 18.7 Å². The number of hydrogen-bond acceptors (Lipinski definition) is 3. The summed E-state index contributed by atoms with van der Waals surface area (Å²) in [7, 11) is 0. The Hall–Kier alpha value is -0.800. The van der Waals surface area contributed by atoms with Gasteiger partial charge in [0.25, 0.3) is 0 Å². The van der Waals surface area contributed by atoms with Gasteiger partial charge in [0.15, 0.2) is 0 Å². The highest BCUT2D eigenvalue weighted by Crippen LogP contribution is 2.37. The van der Waals surface area contributed by atoms with Crippen molar-refractivity contribution in [1.82, 2.24) is 4.90 Å². The Labute approximate surface area is 97.6 Å². The molecule has 2 heterocycles. The minimum Gasteiger partial charge on any atom is -0.468 e. The molecule has 0 spiro atoms. The van der Waals surface area contributed by atoms with Crippen molar-refractivity contribution in [3.63, 3.8) is 0 Å². The van der Waals surface area contributed by atoms with Gasteiger partial charge in [0.2, 0.25) is 0 Å². The minimum atomic E-state index is 0.242. The summed E-state index contributed by atoms with van der Waals surface area (Å²) in [5.74, 6) is 1.77. The van der Waals surface area contributed by atoms with Crippen LogP contribution in [-0.4, -0.2) is 23.5 Å². The van der Waals surface area contributed by atoms with Gasteiger partial charge in [-0.2, -0.15) is 0 Å². The van der Waals surface area contributed by atoms with E-state index in [4.69, 9.17) is 10.2 Å². The fraction of sp³-hybridized carbons (Fsp3) is 0.692. The Balaban J connectivity index is 2.01. The van der Waals surface area contributed by atoms with Crippen molar-refractivity contribution in [2.45, 2.75) is 38.8 Å². The van der Waals surface area contributed by atoms with Crippen LogP contribution in [0, 0.1) is 5.92 Å². The van der Waals surface area contributed by atoms with E-state index >= 15 is 0 Å². The molecule has 0 amide bonds. The Morgan fingerprint density at radius 1 is 1.56 bits per heavy atom. The average molecular weight is 222 g/mol. The minimum absolute atomic E-state index is 0.242. The summed E-state index contributed by atoms with van der Waals surface area (Å²) in [4.78, 5) is 2.51. The maximum Gasteiger partial charge on any atom is 0.117 e. The molecule has 1 saturated heterocycles. The number of likely N-dealkylation sites (tertiary alicyclic amines) is 1. The normalized spacial score (nSPS) is 25.1. The molecule has 1 aromatic heterocycles. The van der Waals surface area contributed by atoms with Crippen LogP contribution in [0.5, 0.6) is 0 Å². The molecule has 1 aromatic rings. The van der Waals surface area contributed by atoms with Crippen LogP contribution < -0.4 is 5.73 Å². The summed E-state index contributed by atoms with van der Waals surface area (Å²) >= 11 is 0. The lowest BCUT2D eigenvalue weighted by Crippen LogP contribution is -2.42. The molecular formula is C13H22N2O. The summed E-state index contributed by atoms with van der Waals surface area (Å²) in [5.41, 5.74) is 5.92. The van der Waals surface area contributed by atoms with Gasteiger partial charge in [-0.15, -0.1) is 0 Å². The van der Waals surface area contributed by atoms with Crippen molar-refractivity contribution in [3.05, 3.63) is 24.2 Å². The molecule has 0 aromatic carbocycles. The number of furan rings is 1. The van der Waals surface area contributed by atoms with Crippen molar-refractivity contribution >= 4 is 0 Å². The van der Waals surface area contributed by atoms with Gasteiger partial charge in [0.1, 0.15) is 5.76 Å². The lowest BCUT2D eigenvalue weighted by molar-refractivity contribution is 0.119. The van der Waals surface area contributed by atoms with E-state index in [9.17, 15) is 0 Å². The van der Waals surface area contributed by atoms with Crippen molar-refractivity contribution in [2.75, 3.05) is 13.1 Å². The Morgan fingerprint density at radius 3 is 3.00 bits per heavy atom. The molecule has 2 N–H and O–H groups in total. The van der Waals surface area contributed by atoms with Crippen LogP contribution in [0.4, 0.5) is 0 Å². The molecule has 3 nitrogen and oxygen atoms in total. The molecule has 1 unspecified atom stereocenters. The SMILES string of the molecule is CC1(C)C(CCN)CCN1Cc1ccco1. The van der Waals surface area contributed by atoms with Crippen molar-refractivity contribution < 1.29 is 4.42 Å². The van der Waals surface area contributed by atoms with E-state index in [0.717, 1.165) is 31.8 Å². The second kappa shape index (κ2) is 4.60. The molecule has 0 aliphatic carbocycles. The van der Waals surface area contributed by atoms with Crippen molar-refractivity contribution in [3.8, 4) is 0 Å². The molecule has 90 valence electrons. The van der Waals surface area contributed by atoms with Crippen LogP contribution in [0.25, 0.3) is 0 Å². The first-order valence-electron chi connectivity index (χ1n) is 6.12. The van der Waals surface area contributed by atoms with Crippen LogP contribution in [0.15, 0.2) is 22.8 Å². The van der Waals surface area contributed by atoms with E-state index in [1.165, 1.54) is 6.42 Å². The summed E-state index contributed by atoms with van der Waals surface area (Å²) in [6.45, 7) is 7.51. The standard InChI is InChI=1S/C13H22N2O/c1-13(2)11(5-7-14)6-8-15(13)10-12-4-3-9-16-12/h3-4,9,11H,5-8,10,14H2,1-2H3. The molecule has 1 fully saturated rings. The highest BCUT2D eigenvalue weighted by Gasteiger charge is 2.40. The first kappa shape index (κ1) is 11.7. The molecule has 1 atom stereocenters. The van der Waals surface area contributed by atoms with Crippen LogP contribution in [0.2, 0.25) is 0 Å². The quantitative estimate of drug-likeness (QED) is 0.849. The topological polar surface area (TPSA) is 42.4 Å². The predicted molar refractivity (Wildman–Crippen MR) is 65.0 cm³/mol. The first-order valence-corrected chi connectivity index (χ1v) is 6.12. The summed E-state index contributed by atoms with van der Waals surface area (Å²) in [5, 5.41) is 0. The zero-order valence-corrected chi connectivity index (χ0v) is 10.3. The van der Waals surface area contributed by atoms with Gasteiger partial charge in [-0.05, 0) is 57.8 Å². The Morgan fingerprint density at radius 2 is 2.38 bits per heavy atom. The van der Waals surface area contributed by atoms with Crippen molar-refractivity contribution in [2.24, 2.45) is 11.7 Å². The van der Waals surface area contributed by atoms with Gasteiger partial charge in [0, 0.05) is 5.54 Å². The van der Waals surface area contributed by atoms with E-state index in [1.54, 1.807) is 6.26 Å². The Bertz CT molecular complexity index is 319. The third kappa shape index (κ3) is 2.15. The monoisotopic (exact) mass is 222 g/mol. The highest BCUT2D eigenvalue weighted by molar-refractivity contribution is 5.02. The van der Waals surface area contributed by atoms with Crippen LogP contribution in [0.3, 0.4) is 0 Å². The number of hydrogen-bond donors (Lipinski definition) is 1. The number of nitrogens with zero attached hydrogens (tertiary/aromatic N) is 1. The molecule has 0 bridgehead atoms. The highest BCUT2D eigenvalue weighted by atomic mass is 16.3. The Kier molecular flexibility index (Phi) is 3.36. The summed E-state index contributed by atoms with van der Waals surface area (Å²) in [6.07, 6.45) is 4.13. The fourth-order valence-corrected chi connectivity index (χ4v) is 2.78. The first-order chi connectivity index (χ1) is 7.64. The molecule has 3 heteroatoms. The number of rotatable bonds is 4. The van der Waals surface area contributed by atoms with Gasteiger partial charge in [-0.25, -0.2) is 0 Å².